The fourth-order valence-corrected chi connectivity index (χ4v) is 4.37. The van der Waals surface area contributed by atoms with Gasteiger partial charge < -0.3 is 15.5 Å². The van der Waals surface area contributed by atoms with Crippen LogP contribution in [0.5, 0.6) is 0 Å². The minimum atomic E-state index is 0.528. The van der Waals surface area contributed by atoms with Crippen LogP contribution in [-0.2, 0) is 4.74 Å². The van der Waals surface area contributed by atoms with Crippen LogP contribution in [0.3, 0.4) is 0 Å². The highest BCUT2D eigenvalue weighted by Crippen LogP contribution is 2.31. The van der Waals surface area contributed by atoms with E-state index in [1.165, 1.54) is 37.5 Å². The Morgan fingerprint density at radius 2 is 2.07 bits per heavy atom. The molecule has 2 N–H and O–H groups in total. The van der Waals surface area contributed by atoms with Crippen molar-refractivity contribution in [1.29, 1.82) is 5.41 Å². The average molecular weight is 379 g/mol. The molecule has 1 saturated carbocycles. The Morgan fingerprint density at radius 3 is 2.82 bits per heavy atom. The van der Waals surface area contributed by atoms with Crippen molar-refractivity contribution in [2.75, 3.05) is 13.2 Å². The van der Waals surface area contributed by atoms with Gasteiger partial charge in [0.1, 0.15) is 0 Å². The van der Waals surface area contributed by atoms with Crippen molar-refractivity contribution in [3.05, 3.63) is 41.9 Å². The molecule has 5 heteroatoms. The van der Waals surface area contributed by atoms with Gasteiger partial charge in [-0.15, -0.1) is 0 Å². The maximum Gasteiger partial charge on any atom is 0.0922 e. The predicted octanol–water partition coefficient (Wildman–Crippen LogP) is 4.68. The van der Waals surface area contributed by atoms with E-state index in [0.29, 0.717) is 12.0 Å². The monoisotopic (exact) mass is 378 g/mol. The molecule has 0 amide bonds. The van der Waals surface area contributed by atoms with Crippen molar-refractivity contribution in [3.8, 4) is 0 Å². The predicted molar refractivity (Wildman–Crippen MR) is 114 cm³/mol. The van der Waals surface area contributed by atoms with Gasteiger partial charge >= 0.3 is 0 Å². The number of nitrogens with one attached hydrogen (secondary N) is 2. The van der Waals surface area contributed by atoms with Crippen molar-refractivity contribution in [2.45, 2.75) is 57.4 Å². The number of hydrogen-bond acceptors (Lipinski definition) is 5. The fourth-order valence-electron chi connectivity index (χ4n) is 4.37. The number of nitrogens with zero attached hydrogens (tertiary/aromatic N) is 2. The first-order valence-corrected chi connectivity index (χ1v) is 10.6. The number of allylic oxidation sites excluding steroid dienone is 1. The lowest BCUT2D eigenvalue weighted by molar-refractivity contribution is 0.0853. The molecule has 0 atom stereocenters. The molecule has 1 saturated heterocycles. The quantitative estimate of drug-likeness (QED) is 0.686. The van der Waals surface area contributed by atoms with E-state index in [2.05, 4.69) is 35.4 Å². The van der Waals surface area contributed by atoms with Crippen molar-refractivity contribution in [3.63, 3.8) is 0 Å². The van der Waals surface area contributed by atoms with E-state index < -0.39 is 0 Å². The summed E-state index contributed by atoms with van der Waals surface area (Å²) in [5.74, 6) is 1.40. The third-order valence-corrected chi connectivity index (χ3v) is 6.12. The van der Waals surface area contributed by atoms with Crippen molar-refractivity contribution in [2.24, 2.45) is 5.92 Å². The molecule has 1 aromatic heterocycles. The lowest BCUT2D eigenvalue weighted by Crippen LogP contribution is -2.38. The van der Waals surface area contributed by atoms with Gasteiger partial charge in [0, 0.05) is 37.2 Å². The molecular weight excluding hydrogens is 348 g/mol. The van der Waals surface area contributed by atoms with Gasteiger partial charge in [-0.1, -0.05) is 25.8 Å². The standard InChI is InChI=1S/C23H30N4O/c1-2-3-16-10-20(11-16)25-14-19(13-24)23-15-26-21-5-4-18(12-22(21)27-23)17-6-8-28-9-7-17/h4-5,12-17,20,24-25H,2-3,6-11H2,1H3/b19-14+,24-13?. The minimum absolute atomic E-state index is 0.528. The molecular formula is C23H30N4O. The highest BCUT2D eigenvalue weighted by atomic mass is 16.5. The third kappa shape index (κ3) is 4.25. The van der Waals surface area contributed by atoms with E-state index >= 15 is 0 Å². The third-order valence-electron chi connectivity index (χ3n) is 6.12. The van der Waals surface area contributed by atoms with Crippen LogP contribution in [0.1, 0.15) is 62.6 Å². The van der Waals surface area contributed by atoms with Crippen LogP contribution < -0.4 is 5.32 Å². The summed E-state index contributed by atoms with van der Waals surface area (Å²) in [6, 6.07) is 6.92. The Labute approximate surface area is 167 Å². The Morgan fingerprint density at radius 1 is 1.25 bits per heavy atom. The zero-order valence-electron chi connectivity index (χ0n) is 16.7. The van der Waals surface area contributed by atoms with Crippen LogP contribution in [0.4, 0.5) is 0 Å². The lowest BCUT2D eigenvalue weighted by Gasteiger charge is -2.35. The van der Waals surface area contributed by atoms with E-state index in [1.54, 1.807) is 6.20 Å². The smallest absolute Gasteiger partial charge is 0.0922 e. The molecule has 1 aliphatic heterocycles. The number of ether oxygens (including phenoxy) is 1. The van der Waals surface area contributed by atoms with Crippen molar-refractivity contribution < 1.29 is 4.74 Å². The number of aromatic nitrogens is 2. The summed E-state index contributed by atoms with van der Waals surface area (Å²) in [7, 11) is 0. The van der Waals surface area contributed by atoms with Gasteiger partial charge in [-0.2, -0.15) is 0 Å². The molecule has 28 heavy (non-hydrogen) atoms. The molecule has 2 fully saturated rings. The van der Waals surface area contributed by atoms with Gasteiger partial charge in [-0.05, 0) is 55.2 Å². The van der Waals surface area contributed by atoms with Crippen LogP contribution in [0.2, 0.25) is 0 Å². The molecule has 2 aliphatic rings. The largest absolute Gasteiger partial charge is 0.388 e. The van der Waals surface area contributed by atoms with E-state index in [0.717, 1.165) is 54.3 Å². The number of benzene rings is 1. The van der Waals surface area contributed by atoms with Crippen molar-refractivity contribution >= 4 is 22.8 Å². The van der Waals surface area contributed by atoms with Gasteiger partial charge in [0.05, 0.1) is 22.9 Å². The normalized spacial score (nSPS) is 23.4. The Hall–Kier alpha value is -2.27. The van der Waals surface area contributed by atoms with Crippen LogP contribution >= 0.6 is 0 Å². The number of fused-ring (bicyclic) bond motifs is 1. The highest BCUT2D eigenvalue weighted by molar-refractivity contribution is 6.07. The van der Waals surface area contributed by atoms with Gasteiger partial charge in [-0.3, -0.25) is 4.98 Å². The summed E-state index contributed by atoms with van der Waals surface area (Å²) in [6.07, 6.45) is 12.3. The Bertz CT molecular complexity index is 851. The second-order valence-electron chi connectivity index (χ2n) is 8.12. The van der Waals surface area contributed by atoms with Gasteiger partial charge in [0.15, 0.2) is 0 Å². The van der Waals surface area contributed by atoms with E-state index in [1.807, 2.05) is 6.20 Å². The second kappa shape index (κ2) is 8.82. The summed E-state index contributed by atoms with van der Waals surface area (Å²) in [5.41, 5.74) is 4.66. The van der Waals surface area contributed by atoms with Gasteiger partial charge in [-0.25, -0.2) is 4.98 Å². The molecule has 0 radical (unpaired) electrons. The van der Waals surface area contributed by atoms with Crippen LogP contribution in [0, 0.1) is 11.3 Å². The first kappa shape index (κ1) is 19.1. The summed E-state index contributed by atoms with van der Waals surface area (Å²) in [6.45, 7) is 3.92. The van der Waals surface area contributed by atoms with Crippen molar-refractivity contribution in [1.82, 2.24) is 15.3 Å². The molecule has 4 rings (SSSR count). The molecule has 0 unspecified atom stereocenters. The average Bonchev–Trinajstić information content (AvgIpc) is 2.72. The summed E-state index contributed by atoms with van der Waals surface area (Å²) >= 11 is 0. The molecule has 1 aliphatic carbocycles. The zero-order valence-corrected chi connectivity index (χ0v) is 16.7. The van der Waals surface area contributed by atoms with Crippen LogP contribution in [-0.4, -0.2) is 35.4 Å². The first-order valence-electron chi connectivity index (χ1n) is 10.6. The summed E-state index contributed by atoms with van der Waals surface area (Å²) < 4.78 is 5.49. The summed E-state index contributed by atoms with van der Waals surface area (Å²) in [5, 5.41) is 11.3. The Kier molecular flexibility index (Phi) is 6.01. The molecule has 1 aromatic carbocycles. The molecule has 0 spiro atoms. The molecule has 5 nitrogen and oxygen atoms in total. The van der Waals surface area contributed by atoms with E-state index in [-0.39, 0.29) is 0 Å². The number of rotatable bonds is 7. The van der Waals surface area contributed by atoms with Crippen LogP contribution in [0.25, 0.3) is 16.6 Å². The molecule has 148 valence electrons. The lowest BCUT2D eigenvalue weighted by atomic mass is 9.78. The maximum absolute atomic E-state index is 7.82. The molecule has 2 heterocycles. The first-order chi connectivity index (χ1) is 13.8. The highest BCUT2D eigenvalue weighted by Gasteiger charge is 2.27. The van der Waals surface area contributed by atoms with Gasteiger partial charge in [0.2, 0.25) is 0 Å². The minimum Gasteiger partial charge on any atom is -0.388 e. The molecule has 0 bridgehead atoms. The van der Waals surface area contributed by atoms with E-state index in [4.69, 9.17) is 15.1 Å². The maximum atomic E-state index is 7.82. The second-order valence-corrected chi connectivity index (χ2v) is 8.12. The van der Waals surface area contributed by atoms with E-state index in [9.17, 15) is 0 Å². The SMILES string of the molecule is CCCC1CC(N/C=C(\C=N)c2cnc3ccc(C4CCOCC4)cc3n2)C1. The number of hydrogen-bond donors (Lipinski definition) is 2. The Balaban J connectivity index is 1.50. The van der Waals surface area contributed by atoms with Gasteiger partial charge in [0.25, 0.3) is 0 Å². The summed E-state index contributed by atoms with van der Waals surface area (Å²) in [4.78, 5) is 9.39. The topological polar surface area (TPSA) is 70.9 Å². The fraction of sp³-hybridized carbons (Fsp3) is 0.522. The van der Waals surface area contributed by atoms with Crippen LogP contribution in [0.15, 0.2) is 30.6 Å². The molecule has 2 aromatic rings. The zero-order chi connectivity index (χ0) is 19.3.